The Morgan fingerprint density at radius 1 is 1.21 bits per heavy atom. The van der Waals surface area contributed by atoms with Crippen molar-refractivity contribution in [3.63, 3.8) is 0 Å². The van der Waals surface area contributed by atoms with Crippen LogP contribution in [-0.4, -0.2) is 24.1 Å². The zero-order valence-corrected chi connectivity index (χ0v) is 11.1. The predicted octanol–water partition coefficient (Wildman–Crippen LogP) is 3.06. The maximum absolute atomic E-state index is 13.3. The molecule has 0 unspecified atom stereocenters. The molecule has 0 radical (unpaired) electrons. The molecule has 0 aliphatic rings. The van der Waals surface area contributed by atoms with Gasteiger partial charge in [-0.05, 0) is 18.2 Å². The van der Waals surface area contributed by atoms with Crippen LogP contribution in [0.15, 0.2) is 24.5 Å². The lowest BCUT2D eigenvalue weighted by molar-refractivity contribution is 0.415. The van der Waals surface area contributed by atoms with Gasteiger partial charge >= 0.3 is 0 Å². The molecule has 0 bridgehead atoms. The topological polar surface area (TPSA) is 59.1 Å². The molecule has 7 heteroatoms. The van der Waals surface area contributed by atoms with Crippen molar-refractivity contribution in [1.29, 1.82) is 0 Å². The van der Waals surface area contributed by atoms with E-state index in [4.69, 9.17) is 16.3 Å². The Balaban J connectivity index is 2.37. The standard InChI is InChI=1S/C12H12ClFN4O/c1-15-11-10(19-2)12(17-6-16-11)18-9-4-7(13)3-8(14)5-9/h3-6H,1-2H3,(H2,15,16,17,18). The van der Waals surface area contributed by atoms with Gasteiger partial charge in [0.15, 0.2) is 11.6 Å². The highest BCUT2D eigenvalue weighted by atomic mass is 35.5. The summed E-state index contributed by atoms with van der Waals surface area (Å²) in [5.74, 6) is 0.952. The van der Waals surface area contributed by atoms with Gasteiger partial charge in [-0.2, -0.15) is 0 Å². The van der Waals surface area contributed by atoms with E-state index in [0.29, 0.717) is 28.1 Å². The van der Waals surface area contributed by atoms with Gasteiger partial charge in [0.1, 0.15) is 12.1 Å². The maximum atomic E-state index is 13.3. The van der Waals surface area contributed by atoms with Gasteiger partial charge in [-0.25, -0.2) is 14.4 Å². The quantitative estimate of drug-likeness (QED) is 0.902. The van der Waals surface area contributed by atoms with E-state index in [0.717, 1.165) is 0 Å². The SMILES string of the molecule is CNc1ncnc(Nc2cc(F)cc(Cl)c2)c1OC. The van der Waals surface area contributed by atoms with Crippen molar-refractivity contribution < 1.29 is 9.13 Å². The van der Waals surface area contributed by atoms with Crippen molar-refractivity contribution in [2.45, 2.75) is 0 Å². The monoisotopic (exact) mass is 282 g/mol. The fourth-order valence-corrected chi connectivity index (χ4v) is 1.82. The molecule has 19 heavy (non-hydrogen) atoms. The molecular formula is C12H12ClFN4O. The number of rotatable bonds is 4. The van der Waals surface area contributed by atoms with Crippen LogP contribution >= 0.6 is 11.6 Å². The van der Waals surface area contributed by atoms with Crippen molar-refractivity contribution >= 4 is 28.9 Å². The van der Waals surface area contributed by atoms with Gasteiger partial charge in [0.25, 0.3) is 0 Å². The van der Waals surface area contributed by atoms with Crippen LogP contribution in [0.4, 0.5) is 21.7 Å². The summed E-state index contributed by atoms with van der Waals surface area (Å²) in [5, 5.41) is 6.11. The molecule has 0 fully saturated rings. The van der Waals surface area contributed by atoms with E-state index < -0.39 is 5.82 Å². The Bertz CT molecular complexity index is 574. The summed E-state index contributed by atoms with van der Waals surface area (Å²) >= 11 is 5.79. The number of ether oxygens (including phenoxy) is 1. The fraction of sp³-hybridized carbons (Fsp3) is 0.167. The summed E-state index contributed by atoms with van der Waals surface area (Å²) in [5.41, 5.74) is 0.476. The molecule has 2 rings (SSSR count). The number of benzene rings is 1. The molecule has 1 heterocycles. The second-order valence-electron chi connectivity index (χ2n) is 3.64. The zero-order chi connectivity index (χ0) is 13.8. The molecule has 5 nitrogen and oxygen atoms in total. The minimum atomic E-state index is -0.433. The minimum absolute atomic E-state index is 0.296. The Labute approximate surface area is 114 Å². The number of hydrogen-bond donors (Lipinski definition) is 2. The minimum Gasteiger partial charge on any atom is -0.490 e. The zero-order valence-electron chi connectivity index (χ0n) is 10.4. The largest absolute Gasteiger partial charge is 0.490 e. The van der Waals surface area contributed by atoms with Crippen LogP contribution in [0, 0.1) is 5.82 Å². The lowest BCUT2D eigenvalue weighted by Crippen LogP contribution is -2.03. The van der Waals surface area contributed by atoms with Crippen LogP contribution in [0.25, 0.3) is 0 Å². The van der Waals surface area contributed by atoms with Crippen LogP contribution in [0.1, 0.15) is 0 Å². The van der Waals surface area contributed by atoms with E-state index in [1.165, 1.54) is 25.6 Å². The van der Waals surface area contributed by atoms with Gasteiger partial charge in [-0.1, -0.05) is 11.6 Å². The molecule has 2 N–H and O–H groups in total. The van der Waals surface area contributed by atoms with Crippen LogP contribution in [-0.2, 0) is 0 Å². The maximum Gasteiger partial charge on any atom is 0.204 e. The summed E-state index contributed by atoms with van der Waals surface area (Å²) in [7, 11) is 3.22. The molecular weight excluding hydrogens is 271 g/mol. The predicted molar refractivity (Wildman–Crippen MR) is 72.8 cm³/mol. The summed E-state index contributed by atoms with van der Waals surface area (Å²) in [6.45, 7) is 0. The van der Waals surface area contributed by atoms with Gasteiger partial charge in [0.05, 0.1) is 7.11 Å². The van der Waals surface area contributed by atoms with Crippen molar-refractivity contribution in [1.82, 2.24) is 9.97 Å². The third-order valence-corrected chi connectivity index (χ3v) is 2.59. The normalized spacial score (nSPS) is 10.1. The summed E-state index contributed by atoms with van der Waals surface area (Å²) in [4.78, 5) is 8.08. The number of aromatic nitrogens is 2. The third kappa shape index (κ3) is 3.03. The molecule has 0 spiro atoms. The average molecular weight is 283 g/mol. The first-order chi connectivity index (χ1) is 9.13. The third-order valence-electron chi connectivity index (χ3n) is 2.37. The number of hydrogen-bond acceptors (Lipinski definition) is 5. The lowest BCUT2D eigenvalue weighted by Gasteiger charge is -2.12. The molecule has 0 saturated heterocycles. The number of halogens is 2. The van der Waals surface area contributed by atoms with Gasteiger partial charge in [-0.15, -0.1) is 0 Å². The van der Waals surface area contributed by atoms with E-state index in [-0.39, 0.29) is 0 Å². The van der Waals surface area contributed by atoms with Gasteiger partial charge in [-0.3, -0.25) is 0 Å². The average Bonchev–Trinajstić information content (AvgIpc) is 2.37. The Morgan fingerprint density at radius 3 is 2.58 bits per heavy atom. The fourth-order valence-electron chi connectivity index (χ4n) is 1.60. The van der Waals surface area contributed by atoms with E-state index in [2.05, 4.69) is 20.6 Å². The van der Waals surface area contributed by atoms with Crippen LogP contribution in [0.2, 0.25) is 5.02 Å². The molecule has 0 amide bonds. The number of nitrogens with zero attached hydrogens (tertiary/aromatic N) is 2. The van der Waals surface area contributed by atoms with E-state index in [9.17, 15) is 4.39 Å². The van der Waals surface area contributed by atoms with Crippen molar-refractivity contribution in [3.05, 3.63) is 35.4 Å². The molecule has 100 valence electrons. The van der Waals surface area contributed by atoms with Gasteiger partial charge < -0.3 is 15.4 Å². The first-order valence-electron chi connectivity index (χ1n) is 5.44. The molecule has 1 aromatic carbocycles. The van der Waals surface area contributed by atoms with Crippen LogP contribution in [0.5, 0.6) is 5.75 Å². The highest BCUT2D eigenvalue weighted by Crippen LogP contribution is 2.31. The highest BCUT2D eigenvalue weighted by molar-refractivity contribution is 6.30. The Hall–Kier alpha value is -2.08. The summed E-state index contributed by atoms with van der Waals surface area (Å²) < 4.78 is 18.5. The van der Waals surface area contributed by atoms with E-state index in [1.54, 1.807) is 13.1 Å². The van der Waals surface area contributed by atoms with Crippen LogP contribution in [0.3, 0.4) is 0 Å². The first kappa shape index (κ1) is 13.4. The Kier molecular flexibility index (Phi) is 4.01. The first-order valence-corrected chi connectivity index (χ1v) is 5.81. The van der Waals surface area contributed by atoms with Gasteiger partial charge in [0, 0.05) is 17.8 Å². The smallest absolute Gasteiger partial charge is 0.204 e. The Morgan fingerprint density at radius 2 is 1.95 bits per heavy atom. The van der Waals surface area contributed by atoms with Gasteiger partial charge in [0.2, 0.25) is 5.75 Å². The molecule has 0 atom stereocenters. The molecule has 0 aliphatic heterocycles. The van der Waals surface area contributed by atoms with E-state index >= 15 is 0 Å². The molecule has 1 aromatic heterocycles. The summed E-state index contributed by atoms with van der Waals surface area (Å²) in [6, 6.07) is 4.13. The number of nitrogens with one attached hydrogen (secondary N) is 2. The summed E-state index contributed by atoms with van der Waals surface area (Å²) in [6.07, 6.45) is 1.37. The molecule has 2 aromatic rings. The second kappa shape index (κ2) is 5.71. The van der Waals surface area contributed by atoms with Crippen molar-refractivity contribution in [2.75, 3.05) is 24.8 Å². The van der Waals surface area contributed by atoms with Crippen molar-refractivity contribution in [2.24, 2.45) is 0 Å². The number of anilines is 3. The van der Waals surface area contributed by atoms with E-state index in [1.807, 2.05) is 0 Å². The second-order valence-corrected chi connectivity index (χ2v) is 4.07. The molecule has 0 aliphatic carbocycles. The number of methoxy groups -OCH3 is 1. The van der Waals surface area contributed by atoms with Crippen molar-refractivity contribution in [3.8, 4) is 5.75 Å². The highest BCUT2D eigenvalue weighted by Gasteiger charge is 2.11. The van der Waals surface area contributed by atoms with Crippen LogP contribution < -0.4 is 15.4 Å². The molecule has 0 saturated carbocycles. The lowest BCUT2D eigenvalue weighted by atomic mass is 10.3.